The zero-order chi connectivity index (χ0) is 37.9. The summed E-state index contributed by atoms with van der Waals surface area (Å²) < 4.78 is 4.68. The highest BCUT2D eigenvalue weighted by Crippen LogP contribution is 2.41. The molecule has 0 aliphatic carbocycles. The zero-order valence-corrected chi connectivity index (χ0v) is 31.3. The number of hydrogen-bond acceptors (Lipinski definition) is 2. The molecule has 0 fully saturated rings. The minimum Gasteiger partial charge on any atom is -0.309 e. The highest BCUT2D eigenvalue weighted by Gasteiger charge is 2.20. The van der Waals surface area contributed by atoms with Crippen molar-refractivity contribution in [2.45, 2.75) is 0 Å². The summed E-state index contributed by atoms with van der Waals surface area (Å²) in [5.41, 5.74) is 8.65. The van der Waals surface area contributed by atoms with E-state index in [1.165, 1.54) is 70.3 Å². The summed E-state index contributed by atoms with van der Waals surface area (Å²) in [4.78, 5) is 10.8. The maximum absolute atomic E-state index is 5.53. The van der Waals surface area contributed by atoms with Crippen LogP contribution in [0.25, 0.3) is 120 Å². The standard InChI is InChI=1S/C54H32N4/c1-2-14-34-31-51-45(28-33(34)13-1)42-19-8-11-23-49(42)57(51)38-26-25-35-32-52-46(30-37(35)27-38)43-20-9-12-24-50(43)58(52)54-55-48-22-10-7-21-44(48)53(56-54)47-29-36-15-3-4-16-39(36)40-17-5-6-18-41(40)47/h1-32H. The van der Waals surface area contributed by atoms with Gasteiger partial charge in [0.1, 0.15) is 0 Å². The molecular weight excluding hydrogens is 705 g/mol. The maximum Gasteiger partial charge on any atom is 0.235 e. The third-order valence-corrected chi connectivity index (χ3v) is 12.2. The molecule has 13 aromatic rings. The van der Waals surface area contributed by atoms with Gasteiger partial charge < -0.3 is 4.57 Å². The number of para-hydroxylation sites is 3. The van der Waals surface area contributed by atoms with Crippen LogP contribution in [0.4, 0.5) is 0 Å². The van der Waals surface area contributed by atoms with Crippen molar-refractivity contribution < 1.29 is 0 Å². The SMILES string of the molecule is c1ccc2cc3c(cc2c1)c1ccccc1n3-c1ccc2cc3c(cc2c1)c1ccccc1n3-c1nc(-c2cc3ccccc3c3ccccc23)c2ccccc2n1. The monoisotopic (exact) mass is 736 g/mol. The second kappa shape index (κ2) is 11.8. The minimum atomic E-state index is 0.658. The van der Waals surface area contributed by atoms with E-state index in [0.29, 0.717) is 5.95 Å². The fourth-order valence-corrected chi connectivity index (χ4v) is 9.61. The average Bonchev–Trinajstić information content (AvgIpc) is 3.78. The molecule has 0 radical (unpaired) electrons. The van der Waals surface area contributed by atoms with E-state index in [1.807, 2.05) is 0 Å². The predicted molar refractivity (Wildman–Crippen MR) is 244 cm³/mol. The summed E-state index contributed by atoms with van der Waals surface area (Å²) in [6.45, 7) is 0. The number of nitrogens with zero attached hydrogens (tertiary/aromatic N) is 4. The van der Waals surface area contributed by atoms with Crippen LogP contribution in [0.3, 0.4) is 0 Å². The summed E-state index contributed by atoms with van der Waals surface area (Å²) in [6.07, 6.45) is 0. The van der Waals surface area contributed by atoms with Gasteiger partial charge in [0.2, 0.25) is 5.95 Å². The number of benzene rings is 10. The Kier molecular flexibility index (Phi) is 6.41. The van der Waals surface area contributed by atoms with Crippen molar-refractivity contribution >= 4 is 97.6 Å². The normalized spacial score (nSPS) is 12.1. The van der Waals surface area contributed by atoms with Gasteiger partial charge in [0.05, 0.1) is 33.3 Å². The van der Waals surface area contributed by atoms with Gasteiger partial charge >= 0.3 is 0 Å². The largest absolute Gasteiger partial charge is 0.309 e. The number of fused-ring (bicyclic) bond motifs is 12. The average molecular weight is 737 g/mol. The lowest BCUT2D eigenvalue weighted by atomic mass is 9.94. The van der Waals surface area contributed by atoms with E-state index < -0.39 is 0 Å². The summed E-state index contributed by atoms with van der Waals surface area (Å²) in [5, 5.41) is 15.6. The Labute approximate surface area is 332 Å². The van der Waals surface area contributed by atoms with Crippen molar-refractivity contribution in [2.24, 2.45) is 0 Å². The van der Waals surface area contributed by atoms with E-state index in [-0.39, 0.29) is 0 Å². The highest BCUT2D eigenvalue weighted by atomic mass is 15.2. The molecule has 0 N–H and O–H groups in total. The van der Waals surface area contributed by atoms with Crippen LogP contribution < -0.4 is 0 Å². The first-order chi connectivity index (χ1) is 28.7. The van der Waals surface area contributed by atoms with Crippen molar-refractivity contribution in [1.82, 2.24) is 19.1 Å². The molecule has 3 aromatic heterocycles. The van der Waals surface area contributed by atoms with Crippen molar-refractivity contribution in [3.63, 3.8) is 0 Å². The van der Waals surface area contributed by atoms with Crippen LogP contribution in [0.15, 0.2) is 194 Å². The van der Waals surface area contributed by atoms with E-state index >= 15 is 0 Å². The van der Waals surface area contributed by atoms with Crippen LogP contribution >= 0.6 is 0 Å². The van der Waals surface area contributed by atoms with Crippen molar-refractivity contribution in [3.8, 4) is 22.9 Å². The quantitative estimate of drug-likeness (QED) is 0.169. The van der Waals surface area contributed by atoms with E-state index in [1.54, 1.807) is 0 Å². The molecule has 0 unspecified atom stereocenters. The highest BCUT2D eigenvalue weighted by molar-refractivity contribution is 6.17. The van der Waals surface area contributed by atoms with Gasteiger partial charge in [-0.25, -0.2) is 9.97 Å². The molecule has 0 amide bonds. The molecule has 10 aromatic carbocycles. The van der Waals surface area contributed by atoms with E-state index in [0.717, 1.165) is 44.3 Å². The first-order valence-corrected chi connectivity index (χ1v) is 19.8. The Morgan fingerprint density at radius 3 is 1.59 bits per heavy atom. The Bertz CT molecular complexity index is 3870. The molecule has 13 rings (SSSR count). The van der Waals surface area contributed by atoms with E-state index in [2.05, 4.69) is 203 Å². The molecule has 0 aliphatic rings. The van der Waals surface area contributed by atoms with Gasteiger partial charge in [0.25, 0.3) is 0 Å². The zero-order valence-electron chi connectivity index (χ0n) is 31.3. The Morgan fingerprint density at radius 2 is 0.828 bits per heavy atom. The van der Waals surface area contributed by atoms with Crippen LogP contribution in [-0.4, -0.2) is 19.1 Å². The molecule has 58 heavy (non-hydrogen) atoms. The van der Waals surface area contributed by atoms with Gasteiger partial charge in [-0.2, -0.15) is 0 Å². The summed E-state index contributed by atoms with van der Waals surface area (Å²) >= 11 is 0. The summed E-state index contributed by atoms with van der Waals surface area (Å²) in [7, 11) is 0. The summed E-state index contributed by atoms with van der Waals surface area (Å²) in [6, 6.07) is 70.3. The molecule has 0 saturated carbocycles. The Hall–Kier alpha value is -7.82. The molecule has 0 saturated heterocycles. The molecule has 0 bridgehead atoms. The van der Waals surface area contributed by atoms with Crippen molar-refractivity contribution in [2.75, 3.05) is 0 Å². The Morgan fingerprint density at radius 1 is 0.293 bits per heavy atom. The lowest BCUT2D eigenvalue weighted by Gasteiger charge is -2.15. The molecule has 4 heteroatoms. The van der Waals surface area contributed by atoms with Crippen LogP contribution in [-0.2, 0) is 0 Å². The maximum atomic E-state index is 5.53. The van der Waals surface area contributed by atoms with Crippen LogP contribution in [0.2, 0.25) is 0 Å². The first-order valence-electron chi connectivity index (χ1n) is 19.8. The molecule has 3 heterocycles. The molecule has 0 aliphatic heterocycles. The van der Waals surface area contributed by atoms with Gasteiger partial charge in [-0.1, -0.05) is 133 Å². The smallest absolute Gasteiger partial charge is 0.235 e. The molecule has 0 spiro atoms. The first kappa shape index (κ1) is 31.4. The molecule has 268 valence electrons. The number of rotatable bonds is 3. The second-order valence-corrected chi connectivity index (χ2v) is 15.4. The fourth-order valence-electron chi connectivity index (χ4n) is 9.61. The van der Waals surface area contributed by atoms with Gasteiger partial charge in [-0.05, 0) is 104 Å². The predicted octanol–water partition coefficient (Wildman–Crippen LogP) is 14.1. The third-order valence-electron chi connectivity index (χ3n) is 12.2. The van der Waals surface area contributed by atoms with Crippen LogP contribution in [0.1, 0.15) is 0 Å². The number of hydrogen-bond donors (Lipinski definition) is 0. The van der Waals surface area contributed by atoms with Gasteiger partial charge in [-0.3, -0.25) is 4.57 Å². The van der Waals surface area contributed by atoms with Gasteiger partial charge in [0.15, 0.2) is 0 Å². The topological polar surface area (TPSA) is 35.6 Å². The lowest BCUT2D eigenvalue weighted by Crippen LogP contribution is -2.03. The van der Waals surface area contributed by atoms with Gasteiger partial charge in [0, 0.05) is 38.2 Å². The molecule has 4 nitrogen and oxygen atoms in total. The van der Waals surface area contributed by atoms with Crippen molar-refractivity contribution in [3.05, 3.63) is 194 Å². The number of aromatic nitrogens is 4. The fraction of sp³-hybridized carbons (Fsp3) is 0. The van der Waals surface area contributed by atoms with Crippen LogP contribution in [0.5, 0.6) is 0 Å². The van der Waals surface area contributed by atoms with Crippen molar-refractivity contribution in [1.29, 1.82) is 0 Å². The lowest BCUT2D eigenvalue weighted by molar-refractivity contribution is 1.01. The Balaban J connectivity index is 1.06. The minimum absolute atomic E-state index is 0.658. The third kappa shape index (κ3) is 4.45. The van der Waals surface area contributed by atoms with E-state index in [4.69, 9.17) is 9.97 Å². The molecule has 0 atom stereocenters. The van der Waals surface area contributed by atoms with Crippen LogP contribution in [0, 0.1) is 0 Å². The van der Waals surface area contributed by atoms with E-state index in [9.17, 15) is 0 Å². The second-order valence-electron chi connectivity index (χ2n) is 15.4. The summed E-state index contributed by atoms with van der Waals surface area (Å²) in [5.74, 6) is 0.658. The van der Waals surface area contributed by atoms with Gasteiger partial charge in [-0.15, -0.1) is 0 Å². The molecular formula is C54H32N4.